The Bertz CT molecular complexity index is 360. The van der Waals surface area contributed by atoms with E-state index in [0.717, 1.165) is 10.1 Å². The molecule has 0 N–H and O–H groups in total. The summed E-state index contributed by atoms with van der Waals surface area (Å²) in [7, 11) is 0. The second kappa shape index (κ2) is 2.63. The molecule has 0 aliphatic carbocycles. The highest BCUT2D eigenvalue weighted by atomic mass is 35.5. The first kappa shape index (κ1) is 7.35. The van der Waals surface area contributed by atoms with Crippen LogP contribution in [0.25, 0.3) is 10.1 Å². The molecule has 0 aliphatic heterocycles. The lowest BCUT2D eigenvalue weighted by Gasteiger charge is -1.92. The monoisotopic (exact) mass is 203 g/mol. The second-order valence-corrected chi connectivity index (χ2v) is 3.71. The minimum Gasteiger partial charge on any atom is -0.200 e. The summed E-state index contributed by atoms with van der Waals surface area (Å²) in [4.78, 5) is 0. The average molecular weight is 204 g/mol. The quantitative estimate of drug-likeness (QED) is 0.638. The number of halogens is 2. The van der Waals surface area contributed by atoms with Crippen molar-refractivity contribution in [2.75, 3.05) is 0 Å². The Morgan fingerprint density at radius 3 is 2.64 bits per heavy atom. The number of hydrogen-bond acceptors (Lipinski definition) is 2. The van der Waals surface area contributed by atoms with Crippen LogP contribution in [-0.4, -0.2) is 4.37 Å². The maximum absolute atomic E-state index is 5.88. The van der Waals surface area contributed by atoms with Crippen LogP contribution in [-0.2, 0) is 0 Å². The Hall–Kier alpha value is -0.310. The van der Waals surface area contributed by atoms with Crippen LogP contribution in [0, 0.1) is 0 Å². The molecular formula is C7H3Cl2NS. The van der Waals surface area contributed by atoms with E-state index in [4.69, 9.17) is 23.2 Å². The average Bonchev–Trinajstić information content (AvgIpc) is 2.45. The Morgan fingerprint density at radius 2 is 1.91 bits per heavy atom. The molecule has 0 aliphatic rings. The summed E-state index contributed by atoms with van der Waals surface area (Å²) in [5.74, 6) is 0. The van der Waals surface area contributed by atoms with Crippen molar-refractivity contribution in [3.05, 3.63) is 28.4 Å². The van der Waals surface area contributed by atoms with E-state index in [1.807, 2.05) is 0 Å². The van der Waals surface area contributed by atoms with Gasteiger partial charge in [-0.25, -0.2) is 0 Å². The van der Waals surface area contributed by atoms with Crippen molar-refractivity contribution >= 4 is 44.8 Å². The molecule has 0 spiro atoms. The topological polar surface area (TPSA) is 12.9 Å². The van der Waals surface area contributed by atoms with Crippen molar-refractivity contribution in [2.45, 2.75) is 0 Å². The number of fused-ring (bicyclic) bond motifs is 1. The van der Waals surface area contributed by atoms with Crippen molar-refractivity contribution < 1.29 is 0 Å². The van der Waals surface area contributed by atoms with Crippen LogP contribution in [0.5, 0.6) is 0 Å². The molecule has 2 rings (SSSR count). The maximum Gasteiger partial charge on any atom is 0.0751 e. The largest absolute Gasteiger partial charge is 0.200 e. The first-order chi connectivity index (χ1) is 5.29. The van der Waals surface area contributed by atoms with E-state index in [1.54, 1.807) is 18.3 Å². The number of hydrogen-bond donors (Lipinski definition) is 0. The Labute approximate surface area is 77.7 Å². The van der Waals surface area contributed by atoms with Gasteiger partial charge in [-0.3, -0.25) is 0 Å². The molecule has 0 fully saturated rings. The third-order valence-electron chi connectivity index (χ3n) is 1.42. The predicted molar refractivity (Wildman–Crippen MR) is 49.6 cm³/mol. The lowest BCUT2D eigenvalue weighted by Crippen LogP contribution is -1.66. The van der Waals surface area contributed by atoms with E-state index in [2.05, 4.69) is 4.37 Å². The first-order valence-corrected chi connectivity index (χ1v) is 4.50. The molecule has 1 nitrogen and oxygen atoms in total. The summed E-state index contributed by atoms with van der Waals surface area (Å²) < 4.78 is 4.95. The Kier molecular flexibility index (Phi) is 1.75. The van der Waals surface area contributed by atoms with Crippen LogP contribution in [0.3, 0.4) is 0 Å². The number of rotatable bonds is 0. The Balaban J connectivity index is 2.96. The molecule has 0 bridgehead atoms. The van der Waals surface area contributed by atoms with Gasteiger partial charge in [-0.1, -0.05) is 23.2 Å². The van der Waals surface area contributed by atoms with Crippen molar-refractivity contribution in [2.24, 2.45) is 0 Å². The first-order valence-electron chi connectivity index (χ1n) is 2.97. The number of nitrogens with zero attached hydrogens (tertiary/aromatic N) is 1. The van der Waals surface area contributed by atoms with Crippen LogP contribution in [0.2, 0.25) is 10.0 Å². The second-order valence-electron chi connectivity index (χ2n) is 2.10. The summed E-state index contributed by atoms with van der Waals surface area (Å²) in [6, 6.07) is 3.56. The molecule has 2 aromatic rings. The SMILES string of the molecule is Clc1ccc(Cl)c2sncc12. The zero-order valence-electron chi connectivity index (χ0n) is 5.34. The minimum atomic E-state index is 0.707. The third kappa shape index (κ3) is 1.11. The predicted octanol–water partition coefficient (Wildman–Crippen LogP) is 3.60. The van der Waals surface area contributed by atoms with Gasteiger partial charge in [0.1, 0.15) is 0 Å². The van der Waals surface area contributed by atoms with Gasteiger partial charge in [0, 0.05) is 5.39 Å². The molecule has 0 radical (unpaired) electrons. The molecule has 0 saturated heterocycles. The molecule has 56 valence electrons. The van der Waals surface area contributed by atoms with Gasteiger partial charge in [-0.15, -0.1) is 0 Å². The van der Waals surface area contributed by atoms with Gasteiger partial charge in [0.15, 0.2) is 0 Å². The molecule has 1 heterocycles. The summed E-state index contributed by atoms with van der Waals surface area (Å²) in [5.41, 5.74) is 0. The van der Waals surface area contributed by atoms with Crippen molar-refractivity contribution in [1.29, 1.82) is 0 Å². The molecule has 0 atom stereocenters. The lowest BCUT2D eigenvalue weighted by molar-refractivity contribution is 1.61. The molecule has 0 saturated carbocycles. The summed E-state index contributed by atoms with van der Waals surface area (Å²) in [6.07, 6.45) is 1.73. The fourth-order valence-electron chi connectivity index (χ4n) is 0.894. The van der Waals surface area contributed by atoms with Gasteiger partial charge in [-0.2, -0.15) is 4.37 Å². The summed E-state index contributed by atoms with van der Waals surface area (Å²) in [6.45, 7) is 0. The van der Waals surface area contributed by atoms with Crippen molar-refractivity contribution in [3.8, 4) is 0 Å². The fourth-order valence-corrected chi connectivity index (χ4v) is 2.10. The lowest BCUT2D eigenvalue weighted by atomic mass is 10.3. The smallest absolute Gasteiger partial charge is 0.0751 e. The van der Waals surface area contributed by atoms with Crippen LogP contribution in [0.4, 0.5) is 0 Å². The van der Waals surface area contributed by atoms with Gasteiger partial charge >= 0.3 is 0 Å². The van der Waals surface area contributed by atoms with E-state index in [0.29, 0.717) is 10.0 Å². The van der Waals surface area contributed by atoms with Gasteiger partial charge in [0.05, 0.1) is 20.9 Å². The van der Waals surface area contributed by atoms with Crippen LogP contribution in [0.1, 0.15) is 0 Å². The van der Waals surface area contributed by atoms with E-state index in [9.17, 15) is 0 Å². The van der Waals surface area contributed by atoms with E-state index >= 15 is 0 Å². The zero-order chi connectivity index (χ0) is 7.84. The highest BCUT2D eigenvalue weighted by molar-refractivity contribution is 7.14. The normalized spacial score (nSPS) is 10.7. The van der Waals surface area contributed by atoms with Crippen LogP contribution >= 0.6 is 34.7 Å². The molecule has 0 unspecified atom stereocenters. The molecular weight excluding hydrogens is 201 g/mol. The standard InChI is InChI=1S/C7H3Cl2NS/c8-5-1-2-6(9)7-4(5)3-10-11-7/h1-3H. The van der Waals surface area contributed by atoms with Crippen LogP contribution in [0.15, 0.2) is 18.3 Å². The molecule has 1 aromatic carbocycles. The Morgan fingerprint density at radius 1 is 1.18 bits per heavy atom. The minimum absolute atomic E-state index is 0.707. The van der Waals surface area contributed by atoms with E-state index in [-0.39, 0.29) is 0 Å². The molecule has 0 amide bonds. The van der Waals surface area contributed by atoms with Gasteiger partial charge < -0.3 is 0 Å². The van der Waals surface area contributed by atoms with Crippen molar-refractivity contribution in [3.63, 3.8) is 0 Å². The van der Waals surface area contributed by atoms with Gasteiger partial charge in [-0.05, 0) is 23.7 Å². The van der Waals surface area contributed by atoms with Crippen LogP contribution < -0.4 is 0 Å². The third-order valence-corrected chi connectivity index (χ3v) is 3.01. The van der Waals surface area contributed by atoms with E-state index < -0.39 is 0 Å². The summed E-state index contributed by atoms with van der Waals surface area (Å²) >= 11 is 13.1. The molecule has 11 heavy (non-hydrogen) atoms. The van der Waals surface area contributed by atoms with Gasteiger partial charge in [0.2, 0.25) is 0 Å². The fraction of sp³-hybridized carbons (Fsp3) is 0. The van der Waals surface area contributed by atoms with Crippen molar-refractivity contribution in [1.82, 2.24) is 4.37 Å². The van der Waals surface area contributed by atoms with Gasteiger partial charge in [0.25, 0.3) is 0 Å². The maximum atomic E-state index is 5.88. The molecule has 1 aromatic heterocycles. The number of benzene rings is 1. The highest BCUT2D eigenvalue weighted by Gasteiger charge is 2.04. The highest BCUT2D eigenvalue weighted by Crippen LogP contribution is 2.31. The van der Waals surface area contributed by atoms with E-state index in [1.165, 1.54) is 11.5 Å². The zero-order valence-corrected chi connectivity index (χ0v) is 7.67. The molecule has 4 heteroatoms. The number of aromatic nitrogens is 1. The summed E-state index contributed by atoms with van der Waals surface area (Å²) in [5, 5.41) is 2.36.